The number of anilines is 1. The van der Waals surface area contributed by atoms with E-state index in [2.05, 4.69) is 17.1 Å². The summed E-state index contributed by atoms with van der Waals surface area (Å²) in [5, 5.41) is 2.61. The van der Waals surface area contributed by atoms with Crippen molar-refractivity contribution in [2.24, 2.45) is 17.8 Å². The number of hydrogen-bond acceptors (Lipinski definition) is 2. The number of amides is 2. The van der Waals surface area contributed by atoms with E-state index in [-0.39, 0.29) is 17.8 Å². The molecule has 2 aliphatic carbocycles. The van der Waals surface area contributed by atoms with Gasteiger partial charge in [-0.15, -0.1) is 0 Å². The van der Waals surface area contributed by atoms with Crippen molar-refractivity contribution in [1.29, 1.82) is 0 Å². The number of piperidine rings is 1. The number of urea groups is 1. The van der Waals surface area contributed by atoms with Crippen molar-refractivity contribution in [3.05, 3.63) is 29.6 Å². The van der Waals surface area contributed by atoms with Gasteiger partial charge in [0, 0.05) is 18.3 Å². The molecule has 4 unspecified atom stereocenters. The molecular formula is C24H33F4N3O. The highest BCUT2D eigenvalue weighted by molar-refractivity contribution is 5.89. The first-order valence-corrected chi connectivity index (χ1v) is 11.9. The Kier molecular flexibility index (Phi) is 6.98. The van der Waals surface area contributed by atoms with Crippen molar-refractivity contribution in [1.82, 2.24) is 9.80 Å². The summed E-state index contributed by atoms with van der Waals surface area (Å²) in [5.74, 6) is 0.406. The lowest BCUT2D eigenvalue weighted by Crippen LogP contribution is -2.44. The lowest BCUT2D eigenvalue weighted by atomic mass is 10.1. The van der Waals surface area contributed by atoms with Gasteiger partial charge in [-0.05, 0) is 94.1 Å². The fraction of sp³-hybridized carbons (Fsp3) is 0.708. The minimum absolute atomic E-state index is 0.0274. The van der Waals surface area contributed by atoms with Gasteiger partial charge in [-0.1, -0.05) is 13.3 Å². The number of unbranched alkanes of at least 4 members (excludes halogenated alkanes) is 1. The fourth-order valence-electron chi connectivity index (χ4n) is 5.82. The van der Waals surface area contributed by atoms with Gasteiger partial charge in [-0.25, -0.2) is 9.18 Å². The zero-order valence-corrected chi connectivity index (χ0v) is 18.6. The van der Waals surface area contributed by atoms with Crippen LogP contribution in [-0.2, 0) is 6.18 Å². The highest BCUT2D eigenvalue weighted by Crippen LogP contribution is 2.58. The first-order chi connectivity index (χ1) is 15.3. The molecule has 3 aliphatic rings. The Morgan fingerprint density at radius 3 is 2.56 bits per heavy atom. The Morgan fingerprint density at radius 1 is 1.16 bits per heavy atom. The molecule has 1 aromatic carbocycles. The van der Waals surface area contributed by atoms with Crippen molar-refractivity contribution in [2.45, 2.75) is 64.1 Å². The number of rotatable bonds is 7. The summed E-state index contributed by atoms with van der Waals surface area (Å²) in [6.45, 7) is 6.10. The van der Waals surface area contributed by atoms with Gasteiger partial charge in [0.05, 0.1) is 5.56 Å². The van der Waals surface area contributed by atoms with Gasteiger partial charge in [-0.2, -0.15) is 13.2 Å². The third-order valence-electron chi connectivity index (χ3n) is 7.63. The number of halogens is 4. The Bertz CT molecular complexity index is 809. The molecule has 1 aromatic rings. The lowest BCUT2D eigenvalue weighted by molar-refractivity contribution is -0.139. The van der Waals surface area contributed by atoms with Gasteiger partial charge in [0.15, 0.2) is 0 Å². The molecule has 0 radical (unpaired) electrons. The van der Waals surface area contributed by atoms with E-state index in [0.29, 0.717) is 30.4 Å². The van der Waals surface area contributed by atoms with E-state index >= 15 is 0 Å². The van der Waals surface area contributed by atoms with Gasteiger partial charge < -0.3 is 15.1 Å². The standard InChI is InChI=1S/C24H33F4N3O/c1-16-18-8-10-21(22(16)18)31(14-6-5-13-30-11-3-2-4-12-30)23(32)29-17-7-9-20(25)19(15-17)24(26,27)28/h7,9,15-16,18,21-22H,2-6,8,10-14H2,1H3,(H,29,32). The van der Waals surface area contributed by atoms with Crippen LogP contribution in [0.15, 0.2) is 18.2 Å². The number of carbonyl (C=O) groups is 1. The van der Waals surface area contributed by atoms with Crippen LogP contribution in [0, 0.1) is 23.6 Å². The maximum atomic E-state index is 13.6. The number of nitrogens with one attached hydrogen (secondary N) is 1. The van der Waals surface area contributed by atoms with Crippen LogP contribution in [0.3, 0.4) is 0 Å². The molecule has 178 valence electrons. The van der Waals surface area contributed by atoms with Gasteiger partial charge in [-0.3, -0.25) is 0 Å². The smallest absolute Gasteiger partial charge is 0.321 e. The predicted octanol–water partition coefficient (Wildman–Crippen LogP) is 5.99. The summed E-state index contributed by atoms with van der Waals surface area (Å²) in [4.78, 5) is 17.4. The molecule has 8 heteroatoms. The molecule has 1 saturated heterocycles. The van der Waals surface area contributed by atoms with E-state index < -0.39 is 17.6 Å². The van der Waals surface area contributed by atoms with E-state index in [1.54, 1.807) is 0 Å². The number of carbonyl (C=O) groups excluding carboxylic acids is 1. The topological polar surface area (TPSA) is 35.6 Å². The van der Waals surface area contributed by atoms with E-state index in [4.69, 9.17) is 0 Å². The molecule has 32 heavy (non-hydrogen) atoms. The summed E-state index contributed by atoms with van der Waals surface area (Å²) in [6, 6.07) is 2.38. The number of likely N-dealkylation sites (tertiary alicyclic amines) is 1. The maximum absolute atomic E-state index is 13.6. The highest BCUT2D eigenvalue weighted by atomic mass is 19.4. The Morgan fingerprint density at radius 2 is 1.91 bits per heavy atom. The average molecular weight is 456 g/mol. The molecule has 2 amide bonds. The van der Waals surface area contributed by atoms with Crippen LogP contribution < -0.4 is 5.32 Å². The SMILES string of the molecule is CC1C2CCC(N(CCCCN3CCCCC3)C(=O)Nc3ccc(F)c(C(F)(F)F)c3)C12. The second-order valence-corrected chi connectivity index (χ2v) is 9.67. The quantitative estimate of drug-likeness (QED) is 0.405. The van der Waals surface area contributed by atoms with E-state index in [9.17, 15) is 22.4 Å². The van der Waals surface area contributed by atoms with Gasteiger partial charge >= 0.3 is 12.2 Å². The van der Waals surface area contributed by atoms with Crippen LogP contribution in [0.25, 0.3) is 0 Å². The molecule has 4 nitrogen and oxygen atoms in total. The summed E-state index contributed by atoms with van der Waals surface area (Å²) < 4.78 is 52.8. The normalized spacial score (nSPS) is 27.8. The predicted molar refractivity (Wildman–Crippen MR) is 116 cm³/mol. The summed E-state index contributed by atoms with van der Waals surface area (Å²) in [5.41, 5.74) is -1.39. The first-order valence-electron chi connectivity index (χ1n) is 11.9. The summed E-state index contributed by atoms with van der Waals surface area (Å²) >= 11 is 0. The van der Waals surface area contributed by atoms with Crippen LogP contribution in [0.2, 0.25) is 0 Å². The number of benzene rings is 1. The Hall–Kier alpha value is -1.83. The van der Waals surface area contributed by atoms with Crippen LogP contribution in [0.5, 0.6) is 0 Å². The number of alkyl halides is 3. The van der Waals surface area contributed by atoms with Gasteiger partial charge in [0.1, 0.15) is 5.82 Å². The Labute approximate surface area is 187 Å². The molecular weight excluding hydrogens is 422 g/mol. The number of nitrogens with zero attached hydrogens (tertiary/aromatic N) is 2. The van der Waals surface area contributed by atoms with Crippen LogP contribution in [0.1, 0.15) is 57.4 Å². The lowest BCUT2D eigenvalue weighted by Gasteiger charge is -2.32. The first kappa shape index (κ1) is 23.3. The summed E-state index contributed by atoms with van der Waals surface area (Å²) in [7, 11) is 0. The summed E-state index contributed by atoms with van der Waals surface area (Å²) in [6.07, 6.45) is 2.88. The molecule has 0 bridgehead atoms. The van der Waals surface area contributed by atoms with Crippen LogP contribution in [-0.4, -0.2) is 48.1 Å². The van der Waals surface area contributed by atoms with Gasteiger partial charge in [0.25, 0.3) is 0 Å². The second-order valence-electron chi connectivity index (χ2n) is 9.67. The van der Waals surface area contributed by atoms with E-state index in [0.717, 1.165) is 51.4 Å². The Balaban J connectivity index is 1.39. The molecule has 2 saturated carbocycles. The van der Waals surface area contributed by atoms with Crippen LogP contribution in [0.4, 0.5) is 28.0 Å². The van der Waals surface area contributed by atoms with Crippen molar-refractivity contribution in [3.63, 3.8) is 0 Å². The van der Waals surface area contributed by atoms with E-state index in [1.807, 2.05) is 4.90 Å². The minimum Gasteiger partial charge on any atom is -0.321 e. The van der Waals surface area contributed by atoms with Crippen molar-refractivity contribution in [2.75, 3.05) is 31.5 Å². The van der Waals surface area contributed by atoms with E-state index in [1.165, 1.54) is 25.3 Å². The largest absolute Gasteiger partial charge is 0.419 e. The minimum atomic E-state index is -4.80. The zero-order valence-electron chi connectivity index (χ0n) is 18.6. The van der Waals surface area contributed by atoms with Crippen molar-refractivity contribution in [3.8, 4) is 0 Å². The second kappa shape index (κ2) is 9.57. The third kappa shape index (κ3) is 5.21. The van der Waals surface area contributed by atoms with Crippen LogP contribution >= 0.6 is 0 Å². The molecule has 4 rings (SSSR count). The molecule has 0 aromatic heterocycles. The molecule has 1 aliphatic heterocycles. The third-order valence-corrected chi connectivity index (χ3v) is 7.63. The fourth-order valence-corrected chi connectivity index (χ4v) is 5.82. The maximum Gasteiger partial charge on any atom is 0.419 e. The number of hydrogen-bond donors (Lipinski definition) is 1. The number of fused-ring (bicyclic) bond motifs is 1. The average Bonchev–Trinajstić information content (AvgIpc) is 3.17. The highest BCUT2D eigenvalue weighted by Gasteiger charge is 2.57. The van der Waals surface area contributed by atoms with Gasteiger partial charge in [0.2, 0.25) is 0 Å². The molecule has 3 fully saturated rings. The molecule has 0 spiro atoms. The molecule has 1 heterocycles. The van der Waals surface area contributed by atoms with Crippen molar-refractivity contribution >= 4 is 11.7 Å². The zero-order chi connectivity index (χ0) is 22.9. The van der Waals surface area contributed by atoms with Crippen molar-refractivity contribution < 1.29 is 22.4 Å². The molecule has 1 N–H and O–H groups in total. The monoisotopic (exact) mass is 455 g/mol. The molecule has 4 atom stereocenters.